The van der Waals surface area contributed by atoms with Crippen LogP contribution in [0.4, 0.5) is 0 Å². The number of carbonyl (C=O) groups excluding carboxylic acids is 3. The van der Waals surface area contributed by atoms with Crippen LogP contribution < -0.4 is 0 Å². The maximum atomic E-state index is 13.0. The Morgan fingerprint density at radius 3 is 2.22 bits per heavy atom. The molecule has 0 aromatic heterocycles. The zero-order valence-electron chi connectivity index (χ0n) is 19.7. The summed E-state index contributed by atoms with van der Waals surface area (Å²) in [5.41, 5.74) is -4.11. The Bertz CT molecular complexity index is 861. The molecule has 2 bridgehead atoms. The lowest BCUT2D eigenvalue weighted by molar-refractivity contribution is -0.193. The van der Waals surface area contributed by atoms with Crippen LogP contribution in [0, 0.1) is 28.6 Å². The van der Waals surface area contributed by atoms with Crippen molar-refractivity contribution in [3.63, 3.8) is 0 Å². The lowest BCUT2D eigenvalue weighted by Gasteiger charge is -2.56. The quantitative estimate of drug-likeness (QED) is 0.394. The number of hydrogen-bond acceptors (Lipinski definition) is 8. The van der Waals surface area contributed by atoms with Crippen molar-refractivity contribution in [3.8, 4) is 0 Å². The maximum Gasteiger partial charge on any atom is 0.336 e. The van der Waals surface area contributed by atoms with Gasteiger partial charge in [0.05, 0.1) is 38.6 Å². The van der Waals surface area contributed by atoms with E-state index in [0.29, 0.717) is 12.0 Å². The highest BCUT2D eigenvalue weighted by atomic mass is 16.6. The van der Waals surface area contributed by atoms with Crippen molar-refractivity contribution in [2.24, 2.45) is 28.6 Å². The molecule has 0 radical (unpaired) electrons. The van der Waals surface area contributed by atoms with Crippen LogP contribution in [0.5, 0.6) is 0 Å². The summed E-state index contributed by atoms with van der Waals surface area (Å²) in [5.74, 6) is -1.84. The molecule has 0 aromatic rings. The van der Waals surface area contributed by atoms with Gasteiger partial charge in [-0.25, -0.2) is 4.79 Å². The van der Waals surface area contributed by atoms with Gasteiger partial charge in [-0.3, -0.25) is 9.59 Å². The topological polar surface area (TPSA) is 108 Å². The first-order valence-corrected chi connectivity index (χ1v) is 11.4. The molecule has 8 nitrogen and oxygen atoms in total. The Morgan fingerprint density at radius 2 is 1.69 bits per heavy atom. The molecule has 0 amide bonds. The SMILES string of the molecule is COC(=O)C1=C[C@@]23CC(C(=O)OC)(C(=O)OC)CC[C@H]2[C@]2(C)CC[C@@H](C(C)C)[C@@H](O)[C@@]12O3. The third-order valence-electron chi connectivity index (χ3n) is 9.02. The minimum atomic E-state index is -1.53. The maximum absolute atomic E-state index is 13.0. The van der Waals surface area contributed by atoms with Gasteiger partial charge in [-0.15, -0.1) is 0 Å². The highest BCUT2D eigenvalue weighted by molar-refractivity contribution is 6.01. The van der Waals surface area contributed by atoms with E-state index in [1.165, 1.54) is 21.3 Å². The summed E-state index contributed by atoms with van der Waals surface area (Å²) in [6, 6.07) is 0. The molecule has 32 heavy (non-hydrogen) atoms. The number of aliphatic hydroxyl groups is 1. The molecule has 4 rings (SSSR count). The first kappa shape index (κ1) is 23.2. The summed E-state index contributed by atoms with van der Waals surface area (Å²) >= 11 is 0. The van der Waals surface area contributed by atoms with Crippen molar-refractivity contribution in [1.82, 2.24) is 0 Å². The van der Waals surface area contributed by atoms with Crippen molar-refractivity contribution in [2.45, 2.75) is 70.2 Å². The van der Waals surface area contributed by atoms with Gasteiger partial charge in [0.1, 0.15) is 5.60 Å². The Kier molecular flexibility index (Phi) is 5.29. The van der Waals surface area contributed by atoms with Crippen LogP contribution in [-0.4, -0.2) is 61.6 Å². The molecule has 178 valence electrons. The Morgan fingerprint density at radius 1 is 1.06 bits per heavy atom. The van der Waals surface area contributed by atoms with Crippen LogP contribution in [0.25, 0.3) is 0 Å². The molecule has 3 fully saturated rings. The number of methoxy groups -OCH3 is 3. The molecule has 4 aliphatic rings. The molecule has 0 unspecified atom stereocenters. The average Bonchev–Trinajstić information content (AvgIpc) is 3.22. The molecule has 2 heterocycles. The minimum Gasteiger partial charge on any atom is -0.468 e. The lowest BCUT2D eigenvalue weighted by Crippen LogP contribution is -2.64. The second kappa shape index (κ2) is 7.29. The second-order valence-electron chi connectivity index (χ2n) is 10.5. The molecule has 0 aromatic carbocycles. The van der Waals surface area contributed by atoms with Crippen molar-refractivity contribution in [2.75, 3.05) is 21.3 Å². The summed E-state index contributed by atoms with van der Waals surface area (Å²) in [6.07, 6.45) is 3.14. The number of esters is 3. The molecule has 8 heteroatoms. The van der Waals surface area contributed by atoms with Gasteiger partial charge in [0, 0.05) is 17.8 Å². The molecule has 2 saturated carbocycles. The lowest BCUT2D eigenvalue weighted by atomic mass is 9.46. The smallest absolute Gasteiger partial charge is 0.336 e. The fraction of sp³-hybridized carbons (Fsp3) is 0.792. The molecule has 6 atom stereocenters. The normalized spacial score (nSPS) is 41.4. The van der Waals surface area contributed by atoms with Crippen molar-refractivity contribution < 1.29 is 38.4 Å². The first-order valence-electron chi connectivity index (χ1n) is 11.4. The average molecular weight is 451 g/mol. The second-order valence-corrected chi connectivity index (χ2v) is 10.5. The van der Waals surface area contributed by atoms with Gasteiger partial charge in [0.25, 0.3) is 0 Å². The Hall–Kier alpha value is -1.93. The predicted molar refractivity (Wildman–Crippen MR) is 112 cm³/mol. The van der Waals surface area contributed by atoms with Crippen molar-refractivity contribution >= 4 is 17.9 Å². The van der Waals surface area contributed by atoms with Crippen LogP contribution in [0.3, 0.4) is 0 Å². The molecule has 2 spiro atoms. The van der Waals surface area contributed by atoms with Gasteiger partial charge in [-0.1, -0.05) is 20.8 Å². The third kappa shape index (κ3) is 2.54. The Balaban J connectivity index is 1.90. The van der Waals surface area contributed by atoms with E-state index < -0.39 is 46.0 Å². The van der Waals surface area contributed by atoms with Crippen molar-refractivity contribution in [1.29, 1.82) is 0 Å². The summed E-state index contributed by atoms with van der Waals surface area (Å²) in [4.78, 5) is 38.7. The van der Waals surface area contributed by atoms with Crippen LogP contribution in [0.2, 0.25) is 0 Å². The van der Waals surface area contributed by atoms with Gasteiger partial charge in [0.15, 0.2) is 5.41 Å². The first-order chi connectivity index (χ1) is 15.0. The monoisotopic (exact) mass is 450 g/mol. The van der Waals surface area contributed by atoms with E-state index in [9.17, 15) is 19.5 Å². The van der Waals surface area contributed by atoms with E-state index in [2.05, 4.69) is 20.8 Å². The zero-order chi connectivity index (χ0) is 23.7. The number of aliphatic hydroxyl groups excluding tert-OH is 1. The van der Waals surface area contributed by atoms with Gasteiger partial charge in [-0.2, -0.15) is 0 Å². The van der Waals surface area contributed by atoms with E-state index >= 15 is 0 Å². The summed E-state index contributed by atoms with van der Waals surface area (Å²) in [6.45, 7) is 6.18. The number of ether oxygens (including phenoxy) is 4. The summed E-state index contributed by atoms with van der Waals surface area (Å²) < 4.78 is 21.9. The molecule has 2 aliphatic carbocycles. The zero-order valence-corrected chi connectivity index (χ0v) is 19.7. The molecule has 1 N–H and O–H groups in total. The van der Waals surface area contributed by atoms with Gasteiger partial charge in [0.2, 0.25) is 0 Å². The largest absolute Gasteiger partial charge is 0.468 e. The van der Waals surface area contributed by atoms with Gasteiger partial charge >= 0.3 is 17.9 Å². The number of rotatable bonds is 4. The van der Waals surface area contributed by atoms with E-state index in [4.69, 9.17) is 18.9 Å². The minimum absolute atomic E-state index is 0.000906. The fourth-order valence-corrected chi connectivity index (χ4v) is 7.54. The van der Waals surface area contributed by atoms with Crippen LogP contribution in [0.1, 0.15) is 52.9 Å². The van der Waals surface area contributed by atoms with Gasteiger partial charge in [-0.05, 0) is 43.6 Å². The molecule has 2 aliphatic heterocycles. The molecular formula is C24H34O8. The van der Waals surface area contributed by atoms with E-state index in [1.54, 1.807) is 6.08 Å². The summed E-state index contributed by atoms with van der Waals surface area (Å²) in [5, 5.41) is 11.7. The number of fused-ring (bicyclic) bond motifs is 1. The van der Waals surface area contributed by atoms with Crippen molar-refractivity contribution in [3.05, 3.63) is 11.6 Å². The number of carbonyl (C=O) groups is 3. The molecule has 1 saturated heterocycles. The van der Waals surface area contributed by atoms with Crippen LogP contribution in [0.15, 0.2) is 11.6 Å². The van der Waals surface area contributed by atoms with Gasteiger partial charge < -0.3 is 24.1 Å². The van der Waals surface area contributed by atoms with Crippen LogP contribution in [-0.2, 0) is 33.3 Å². The van der Waals surface area contributed by atoms with E-state index in [0.717, 1.165) is 12.8 Å². The van der Waals surface area contributed by atoms with Crippen LogP contribution >= 0.6 is 0 Å². The summed E-state index contributed by atoms with van der Waals surface area (Å²) in [7, 11) is 3.80. The molecular weight excluding hydrogens is 416 g/mol. The highest BCUT2D eigenvalue weighted by Crippen LogP contribution is 2.74. The Labute approximate surface area is 188 Å². The number of hydrogen-bond donors (Lipinski definition) is 1. The highest BCUT2D eigenvalue weighted by Gasteiger charge is 2.80. The fourth-order valence-electron chi connectivity index (χ4n) is 7.54. The third-order valence-corrected chi connectivity index (χ3v) is 9.02. The predicted octanol–water partition coefficient (Wildman–Crippen LogP) is 2.17. The van der Waals surface area contributed by atoms with E-state index in [-0.39, 0.29) is 30.6 Å². The van der Waals surface area contributed by atoms with E-state index in [1.807, 2.05) is 0 Å². The standard InChI is InChI=1S/C24H34O8/c1-13(2)14-7-9-21(3)16-8-10-22(19(27)30-5,20(28)31-6)12-23(16)11-15(18(26)29-4)24(21,32-23)17(14)25/h11,13-14,16-17,25H,7-10,12H2,1-6H3/t14-,16-,17+,21-,23+,24-/m0/s1.